The summed E-state index contributed by atoms with van der Waals surface area (Å²) in [6.45, 7) is 1.69. The summed E-state index contributed by atoms with van der Waals surface area (Å²) in [4.78, 5) is 1.82. The molecule has 0 atom stereocenters. The molecule has 1 aliphatic heterocycles. The van der Waals surface area contributed by atoms with Gasteiger partial charge in [-0.3, -0.25) is 0 Å². The number of halogens is 3. The smallest absolute Gasteiger partial charge is 0.371 e. The summed E-state index contributed by atoms with van der Waals surface area (Å²) in [5.41, 5.74) is 7.13. The van der Waals surface area contributed by atoms with Crippen LogP contribution in [0.2, 0.25) is 0 Å². The SMILES string of the molecule is FC(F)(F)c1cc(CNNc2ccccc2)ccc1N1CCCC1. The molecule has 2 aromatic rings. The number of nitrogens with one attached hydrogen (secondary N) is 2. The third-order valence-corrected chi connectivity index (χ3v) is 4.11. The lowest BCUT2D eigenvalue weighted by Crippen LogP contribution is -2.24. The van der Waals surface area contributed by atoms with Crippen molar-refractivity contribution in [1.29, 1.82) is 0 Å². The maximum absolute atomic E-state index is 13.4. The molecule has 0 amide bonds. The normalized spacial score (nSPS) is 14.9. The van der Waals surface area contributed by atoms with E-state index in [1.807, 2.05) is 35.2 Å². The number of alkyl halides is 3. The van der Waals surface area contributed by atoms with Crippen molar-refractivity contribution in [3.05, 3.63) is 59.7 Å². The summed E-state index contributed by atoms with van der Waals surface area (Å²) < 4.78 is 40.2. The van der Waals surface area contributed by atoms with E-state index < -0.39 is 11.7 Å². The van der Waals surface area contributed by atoms with Gasteiger partial charge in [0, 0.05) is 31.0 Å². The minimum atomic E-state index is -4.35. The summed E-state index contributed by atoms with van der Waals surface area (Å²) in [5, 5.41) is 0. The van der Waals surface area contributed by atoms with Crippen LogP contribution >= 0.6 is 0 Å². The predicted molar refractivity (Wildman–Crippen MR) is 89.8 cm³/mol. The van der Waals surface area contributed by atoms with Crippen LogP contribution in [-0.4, -0.2) is 13.1 Å². The number of nitrogens with zero attached hydrogens (tertiary/aromatic N) is 1. The second-order valence-corrected chi connectivity index (χ2v) is 5.89. The Hall–Kier alpha value is -2.21. The maximum Gasteiger partial charge on any atom is 0.418 e. The van der Waals surface area contributed by atoms with Gasteiger partial charge >= 0.3 is 6.18 Å². The molecule has 3 nitrogen and oxygen atoms in total. The minimum Gasteiger partial charge on any atom is -0.371 e. The Kier molecular flexibility index (Phi) is 4.94. The molecule has 1 aliphatic rings. The van der Waals surface area contributed by atoms with Gasteiger partial charge in [-0.1, -0.05) is 24.3 Å². The van der Waals surface area contributed by atoms with Crippen LogP contribution in [0.5, 0.6) is 0 Å². The Morgan fingerprint density at radius 3 is 2.33 bits per heavy atom. The summed E-state index contributed by atoms with van der Waals surface area (Å²) >= 11 is 0. The zero-order valence-corrected chi connectivity index (χ0v) is 13.2. The molecule has 24 heavy (non-hydrogen) atoms. The zero-order chi connectivity index (χ0) is 17.0. The fourth-order valence-electron chi connectivity index (χ4n) is 2.92. The molecular weight excluding hydrogens is 315 g/mol. The lowest BCUT2D eigenvalue weighted by Gasteiger charge is -2.23. The van der Waals surface area contributed by atoms with E-state index in [0.717, 1.165) is 18.5 Å². The number of hydrogen-bond donors (Lipinski definition) is 2. The molecule has 6 heteroatoms. The predicted octanol–water partition coefficient (Wildman–Crippen LogP) is 4.42. The Labute approximate surface area is 139 Å². The van der Waals surface area contributed by atoms with Crippen molar-refractivity contribution < 1.29 is 13.2 Å². The first-order chi connectivity index (χ1) is 11.5. The van der Waals surface area contributed by atoms with Crippen molar-refractivity contribution in [3.8, 4) is 0 Å². The molecule has 0 bridgehead atoms. The molecule has 3 rings (SSSR count). The molecule has 1 saturated heterocycles. The molecule has 1 heterocycles. The molecule has 128 valence electrons. The average molecular weight is 335 g/mol. The third-order valence-electron chi connectivity index (χ3n) is 4.11. The number of rotatable bonds is 5. The largest absolute Gasteiger partial charge is 0.418 e. The minimum absolute atomic E-state index is 0.291. The zero-order valence-electron chi connectivity index (χ0n) is 13.2. The van der Waals surface area contributed by atoms with Crippen molar-refractivity contribution in [2.45, 2.75) is 25.6 Å². The molecule has 0 spiro atoms. The van der Waals surface area contributed by atoms with Crippen LogP contribution in [0.4, 0.5) is 24.5 Å². The van der Waals surface area contributed by atoms with Gasteiger partial charge in [0.1, 0.15) is 0 Å². The monoisotopic (exact) mass is 335 g/mol. The molecule has 0 radical (unpaired) electrons. The molecule has 2 N–H and O–H groups in total. The van der Waals surface area contributed by atoms with Crippen molar-refractivity contribution in [2.75, 3.05) is 23.4 Å². The third kappa shape index (κ3) is 4.00. The molecule has 0 aliphatic carbocycles. The fraction of sp³-hybridized carbons (Fsp3) is 0.333. The first kappa shape index (κ1) is 16.6. The van der Waals surface area contributed by atoms with E-state index in [2.05, 4.69) is 10.9 Å². The van der Waals surface area contributed by atoms with Gasteiger partial charge in [-0.05, 0) is 42.7 Å². The highest BCUT2D eigenvalue weighted by Gasteiger charge is 2.35. The van der Waals surface area contributed by atoms with E-state index in [0.29, 0.717) is 30.9 Å². The lowest BCUT2D eigenvalue weighted by atomic mass is 10.1. The van der Waals surface area contributed by atoms with E-state index in [1.54, 1.807) is 12.1 Å². The molecular formula is C18H20F3N3. The number of para-hydroxylation sites is 1. The molecule has 0 aromatic heterocycles. The molecule has 0 unspecified atom stereocenters. The van der Waals surface area contributed by atoms with Gasteiger partial charge in [0.15, 0.2) is 0 Å². The first-order valence-corrected chi connectivity index (χ1v) is 8.03. The second kappa shape index (κ2) is 7.13. The standard InChI is InChI=1S/C18H20F3N3/c19-18(20,21)16-12-14(8-9-17(16)24-10-4-5-11-24)13-22-23-15-6-2-1-3-7-15/h1-3,6-9,12,22-23H,4-5,10-11,13H2. The summed E-state index contributed by atoms with van der Waals surface area (Å²) in [6.07, 6.45) is -2.45. The Balaban J connectivity index is 1.72. The number of benzene rings is 2. The van der Waals surface area contributed by atoms with Gasteiger partial charge in [0.05, 0.1) is 5.56 Å². The van der Waals surface area contributed by atoms with Gasteiger partial charge < -0.3 is 10.3 Å². The van der Waals surface area contributed by atoms with E-state index in [4.69, 9.17) is 0 Å². The van der Waals surface area contributed by atoms with Gasteiger partial charge in [0.25, 0.3) is 0 Å². The van der Waals surface area contributed by atoms with E-state index in [1.165, 1.54) is 6.07 Å². The summed E-state index contributed by atoms with van der Waals surface area (Å²) in [5.74, 6) is 0. The number of anilines is 2. The Morgan fingerprint density at radius 2 is 1.67 bits per heavy atom. The second-order valence-electron chi connectivity index (χ2n) is 5.89. The highest BCUT2D eigenvalue weighted by atomic mass is 19.4. The highest BCUT2D eigenvalue weighted by molar-refractivity contribution is 5.57. The Bertz CT molecular complexity index is 665. The maximum atomic E-state index is 13.4. The van der Waals surface area contributed by atoms with Crippen LogP contribution in [0.15, 0.2) is 48.5 Å². The quantitative estimate of drug-likeness (QED) is 0.792. The van der Waals surface area contributed by atoms with E-state index in [-0.39, 0.29) is 0 Å². The van der Waals surface area contributed by atoms with Gasteiger partial charge in [-0.25, -0.2) is 5.43 Å². The van der Waals surface area contributed by atoms with Crippen molar-refractivity contribution in [2.24, 2.45) is 0 Å². The molecule has 2 aromatic carbocycles. The van der Waals surface area contributed by atoms with Gasteiger partial charge in [-0.2, -0.15) is 13.2 Å². The van der Waals surface area contributed by atoms with Crippen molar-refractivity contribution in [3.63, 3.8) is 0 Å². The topological polar surface area (TPSA) is 27.3 Å². The van der Waals surface area contributed by atoms with Crippen molar-refractivity contribution in [1.82, 2.24) is 5.43 Å². The number of hydrazine groups is 1. The van der Waals surface area contributed by atoms with Crippen LogP contribution in [0.1, 0.15) is 24.0 Å². The lowest BCUT2D eigenvalue weighted by molar-refractivity contribution is -0.137. The average Bonchev–Trinajstić information content (AvgIpc) is 3.09. The number of hydrogen-bond acceptors (Lipinski definition) is 3. The van der Waals surface area contributed by atoms with Crippen LogP contribution < -0.4 is 15.8 Å². The summed E-state index contributed by atoms with van der Waals surface area (Å²) in [6, 6.07) is 14.0. The van der Waals surface area contributed by atoms with Gasteiger partial charge in [0.2, 0.25) is 0 Å². The van der Waals surface area contributed by atoms with E-state index in [9.17, 15) is 13.2 Å². The fourth-order valence-corrected chi connectivity index (χ4v) is 2.92. The molecule has 0 saturated carbocycles. The Morgan fingerprint density at radius 1 is 0.958 bits per heavy atom. The highest BCUT2D eigenvalue weighted by Crippen LogP contribution is 2.38. The summed E-state index contributed by atoms with van der Waals surface area (Å²) in [7, 11) is 0. The van der Waals surface area contributed by atoms with Crippen LogP contribution in [0, 0.1) is 0 Å². The van der Waals surface area contributed by atoms with Crippen LogP contribution in [-0.2, 0) is 12.7 Å². The van der Waals surface area contributed by atoms with E-state index >= 15 is 0 Å². The first-order valence-electron chi connectivity index (χ1n) is 8.03. The van der Waals surface area contributed by atoms with Crippen LogP contribution in [0.25, 0.3) is 0 Å². The van der Waals surface area contributed by atoms with Gasteiger partial charge in [-0.15, -0.1) is 0 Å². The van der Waals surface area contributed by atoms with Crippen LogP contribution in [0.3, 0.4) is 0 Å². The van der Waals surface area contributed by atoms with Crippen molar-refractivity contribution >= 4 is 11.4 Å². The molecule has 1 fully saturated rings.